The van der Waals surface area contributed by atoms with Crippen molar-refractivity contribution in [3.8, 4) is 0 Å². The summed E-state index contributed by atoms with van der Waals surface area (Å²) in [5.41, 5.74) is 1.47. The molecule has 0 saturated carbocycles. The summed E-state index contributed by atoms with van der Waals surface area (Å²) in [6, 6.07) is 14.9. The number of benzene rings is 2. The van der Waals surface area contributed by atoms with E-state index in [0.29, 0.717) is 10.7 Å². The molecule has 0 fully saturated rings. The van der Waals surface area contributed by atoms with E-state index in [1.807, 2.05) is 24.3 Å². The predicted molar refractivity (Wildman–Crippen MR) is 102 cm³/mol. The number of nitrogens with zero attached hydrogens (tertiary/aromatic N) is 1. The summed E-state index contributed by atoms with van der Waals surface area (Å²) in [6.45, 7) is -0.00801. The van der Waals surface area contributed by atoms with Gasteiger partial charge in [0.25, 0.3) is 0 Å². The van der Waals surface area contributed by atoms with E-state index < -0.39 is 10.0 Å². The van der Waals surface area contributed by atoms with E-state index in [1.165, 1.54) is 24.3 Å². The van der Waals surface area contributed by atoms with Gasteiger partial charge in [-0.3, -0.25) is 9.78 Å². The number of hydrogen-bond donors (Lipinski definition) is 2. The van der Waals surface area contributed by atoms with Crippen LogP contribution in [0.1, 0.15) is 6.42 Å². The lowest BCUT2D eigenvalue weighted by atomic mass is 10.2. The first-order chi connectivity index (χ1) is 12.4. The first-order valence-electron chi connectivity index (χ1n) is 7.84. The number of fused-ring (bicyclic) bond motifs is 1. The Balaban J connectivity index is 1.55. The van der Waals surface area contributed by atoms with Gasteiger partial charge in [-0.05, 0) is 48.5 Å². The van der Waals surface area contributed by atoms with Gasteiger partial charge in [0.05, 0.1) is 10.4 Å². The van der Waals surface area contributed by atoms with Crippen molar-refractivity contribution in [2.75, 3.05) is 11.9 Å². The SMILES string of the molecule is O=C(CCNS(=O)(=O)c1ccc(Cl)cc1)Nc1ccc2ncccc2c1. The third-order valence-corrected chi connectivity index (χ3v) is 5.38. The number of pyridine rings is 1. The van der Waals surface area contributed by atoms with E-state index in [-0.39, 0.29) is 23.8 Å². The van der Waals surface area contributed by atoms with Crippen molar-refractivity contribution in [2.45, 2.75) is 11.3 Å². The Kier molecular flexibility index (Phi) is 5.51. The molecule has 0 unspecified atom stereocenters. The van der Waals surface area contributed by atoms with Gasteiger partial charge in [0, 0.05) is 35.3 Å². The zero-order chi connectivity index (χ0) is 18.6. The van der Waals surface area contributed by atoms with Crippen LogP contribution in [0.2, 0.25) is 5.02 Å². The molecule has 0 aliphatic rings. The monoisotopic (exact) mass is 389 g/mol. The summed E-state index contributed by atoms with van der Waals surface area (Å²) >= 11 is 5.75. The van der Waals surface area contributed by atoms with Gasteiger partial charge >= 0.3 is 0 Å². The van der Waals surface area contributed by atoms with Crippen molar-refractivity contribution in [1.29, 1.82) is 0 Å². The Morgan fingerprint density at radius 2 is 1.85 bits per heavy atom. The molecule has 0 spiro atoms. The van der Waals surface area contributed by atoms with Crippen LogP contribution in [0.3, 0.4) is 0 Å². The molecule has 8 heteroatoms. The van der Waals surface area contributed by atoms with E-state index in [1.54, 1.807) is 12.3 Å². The Morgan fingerprint density at radius 1 is 1.08 bits per heavy atom. The lowest BCUT2D eigenvalue weighted by Gasteiger charge is -2.08. The molecule has 0 radical (unpaired) electrons. The molecule has 0 atom stereocenters. The average Bonchev–Trinajstić information content (AvgIpc) is 2.62. The van der Waals surface area contributed by atoms with Crippen LogP contribution < -0.4 is 10.0 Å². The number of carbonyl (C=O) groups is 1. The molecule has 3 aromatic rings. The predicted octanol–water partition coefficient (Wildman–Crippen LogP) is 3.20. The molecule has 134 valence electrons. The van der Waals surface area contributed by atoms with Crippen molar-refractivity contribution in [2.24, 2.45) is 0 Å². The van der Waals surface area contributed by atoms with E-state index in [2.05, 4.69) is 15.0 Å². The second kappa shape index (κ2) is 7.82. The number of amides is 1. The first-order valence-corrected chi connectivity index (χ1v) is 9.70. The molecular weight excluding hydrogens is 374 g/mol. The van der Waals surface area contributed by atoms with Crippen LogP contribution in [-0.4, -0.2) is 25.9 Å². The van der Waals surface area contributed by atoms with Crippen molar-refractivity contribution in [1.82, 2.24) is 9.71 Å². The highest BCUT2D eigenvalue weighted by atomic mass is 35.5. The normalized spacial score (nSPS) is 11.4. The Hall–Kier alpha value is -2.48. The molecule has 3 rings (SSSR count). The minimum Gasteiger partial charge on any atom is -0.326 e. The summed E-state index contributed by atoms with van der Waals surface area (Å²) in [5, 5.41) is 4.11. The lowest BCUT2D eigenvalue weighted by molar-refractivity contribution is -0.116. The summed E-state index contributed by atoms with van der Waals surface area (Å²) in [6.07, 6.45) is 1.71. The second-order valence-electron chi connectivity index (χ2n) is 5.56. The number of rotatable bonds is 6. The molecule has 6 nitrogen and oxygen atoms in total. The smallest absolute Gasteiger partial charge is 0.240 e. The maximum atomic E-state index is 12.1. The first kappa shape index (κ1) is 18.3. The quantitative estimate of drug-likeness (QED) is 0.677. The minimum atomic E-state index is -3.67. The third kappa shape index (κ3) is 4.57. The second-order valence-corrected chi connectivity index (χ2v) is 7.76. The molecule has 0 aliphatic carbocycles. The largest absolute Gasteiger partial charge is 0.326 e. The van der Waals surface area contributed by atoms with Crippen molar-refractivity contribution in [3.63, 3.8) is 0 Å². The molecule has 1 heterocycles. The van der Waals surface area contributed by atoms with Gasteiger partial charge in [-0.1, -0.05) is 17.7 Å². The number of carbonyl (C=O) groups excluding carboxylic acids is 1. The highest BCUT2D eigenvalue weighted by Crippen LogP contribution is 2.17. The Morgan fingerprint density at radius 3 is 2.62 bits per heavy atom. The van der Waals surface area contributed by atoms with Crippen LogP contribution in [0.15, 0.2) is 65.7 Å². The molecule has 1 aromatic heterocycles. The summed E-state index contributed by atoms with van der Waals surface area (Å²) < 4.78 is 26.7. The molecular formula is C18H16ClN3O3S. The standard InChI is InChI=1S/C18H16ClN3O3S/c19-14-3-6-16(7-4-14)26(24,25)21-11-9-18(23)22-15-5-8-17-13(12-15)2-1-10-20-17/h1-8,10,12,21H,9,11H2,(H,22,23). The van der Waals surface area contributed by atoms with Crippen LogP contribution in [0.25, 0.3) is 10.9 Å². The molecule has 2 aromatic carbocycles. The molecule has 0 bridgehead atoms. The van der Waals surface area contributed by atoms with E-state index >= 15 is 0 Å². The fraction of sp³-hybridized carbons (Fsp3) is 0.111. The van der Waals surface area contributed by atoms with E-state index in [9.17, 15) is 13.2 Å². The maximum absolute atomic E-state index is 12.1. The number of halogens is 1. The Bertz CT molecular complexity index is 1040. The molecule has 1 amide bonds. The number of nitrogens with one attached hydrogen (secondary N) is 2. The lowest BCUT2D eigenvalue weighted by Crippen LogP contribution is -2.27. The highest BCUT2D eigenvalue weighted by molar-refractivity contribution is 7.89. The van der Waals surface area contributed by atoms with Crippen molar-refractivity contribution >= 4 is 44.1 Å². The number of hydrogen-bond acceptors (Lipinski definition) is 4. The summed E-state index contributed by atoms with van der Waals surface area (Å²) in [7, 11) is -3.67. The molecule has 0 saturated heterocycles. The summed E-state index contributed by atoms with van der Waals surface area (Å²) in [4.78, 5) is 16.4. The van der Waals surface area contributed by atoms with E-state index in [4.69, 9.17) is 11.6 Å². The summed E-state index contributed by atoms with van der Waals surface area (Å²) in [5.74, 6) is -0.285. The number of sulfonamides is 1. The van der Waals surface area contributed by atoms with Gasteiger partial charge in [0.15, 0.2) is 0 Å². The average molecular weight is 390 g/mol. The van der Waals surface area contributed by atoms with E-state index in [0.717, 1.165) is 10.9 Å². The minimum absolute atomic E-state index is 0.00801. The van der Waals surface area contributed by atoms with Gasteiger partial charge in [0.1, 0.15) is 0 Å². The molecule has 2 N–H and O–H groups in total. The van der Waals surface area contributed by atoms with Gasteiger partial charge in [-0.2, -0.15) is 0 Å². The van der Waals surface area contributed by atoms with Crippen LogP contribution in [0, 0.1) is 0 Å². The number of anilines is 1. The number of aromatic nitrogens is 1. The maximum Gasteiger partial charge on any atom is 0.240 e. The highest BCUT2D eigenvalue weighted by Gasteiger charge is 2.14. The zero-order valence-corrected chi connectivity index (χ0v) is 15.2. The van der Waals surface area contributed by atoms with Gasteiger partial charge < -0.3 is 5.32 Å². The van der Waals surface area contributed by atoms with Crippen LogP contribution in [-0.2, 0) is 14.8 Å². The fourth-order valence-electron chi connectivity index (χ4n) is 2.37. The Labute approximate surface area is 156 Å². The molecule has 26 heavy (non-hydrogen) atoms. The van der Waals surface area contributed by atoms with Crippen LogP contribution in [0.4, 0.5) is 5.69 Å². The topological polar surface area (TPSA) is 88.2 Å². The van der Waals surface area contributed by atoms with Gasteiger partial charge in [-0.25, -0.2) is 13.1 Å². The zero-order valence-electron chi connectivity index (χ0n) is 13.6. The van der Waals surface area contributed by atoms with Crippen LogP contribution >= 0.6 is 11.6 Å². The van der Waals surface area contributed by atoms with Crippen LogP contribution in [0.5, 0.6) is 0 Å². The van der Waals surface area contributed by atoms with Gasteiger partial charge in [-0.15, -0.1) is 0 Å². The fourth-order valence-corrected chi connectivity index (χ4v) is 3.53. The van der Waals surface area contributed by atoms with Crippen molar-refractivity contribution < 1.29 is 13.2 Å². The van der Waals surface area contributed by atoms with Gasteiger partial charge in [0.2, 0.25) is 15.9 Å². The third-order valence-electron chi connectivity index (χ3n) is 3.65. The molecule has 0 aliphatic heterocycles. The van der Waals surface area contributed by atoms with Crippen molar-refractivity contribution in [3.05, 3.63) is 65.8 Å².